The molecule has 0 bridgehead atoms. The van der Waals surface area contributed by atoms with Crippen LogP contribution in [0.2, 0.25) is 0 Å². The third-order valence-electron chi connectivity index (χ3n) is 2.15. The van der Waals surface area contributed by atoms with Crippen molar-refractivity contribution in [2.24, 2.45) is 0 Å². The van der Waals surface area contributed by atoms with Crippen LogP contribution < -0.4 is 0 Å². The molecule has 0 N–H and O–H groups in total. The molecular formula is C10H8BrF13O4. The molecule has 0 saturated heterocycles. The van der Waals surface area contributed by atoms with Gasteiger partial charge in [0.15, 0.2) is 0 Å². The zero-order valence-corrected chi connectivity index (χ0v) is 14.3. The third kappa shape index (κ3) is 8.42. The van der Waals surface area contributed by atoms with Crippen LogP contribution in [0.1, 0.15) is 6.42 Å². The lowest BCUT2D eigenvalue weighted by atomic mass is 10.5. The van der Waals surface area contributed by atoms with Gasteiger partial charge in [0.2, 0.25) is 0 Å². The van der Waals surface area contributed by atoms with Crippen LogP contribution in [0.5, 0.6) is 0 Å². The van der Waals surface area contributed by atoms with E-state index in [-0.39, 0.29) is 11.8 Å². The van der Waals surface area contributed by atoms with E-state index < -0.39 is 50.1 Å². The van der Waals surface area contributed by atoms with Gasteiger partial charge in [0, 0.05) is 11.9 Å². The van der Waals surface area contributed by atoms with Gasteiger partial charge < -0.3 is 4.74 Å². The summed E-state index contributed by atoms with van der Waals surface area (Å²) in [5, 5.41) is 0.199. The summed E-state index contributed by atoms with van der Waals surface area (Å²) in [6, 6.07) is 0. The number of rotatable bonds is 12. The van der Waals surface area contributed by atoms with Crippen LogP contribution in [-0.2, 0) is 18.9 Å². The lowest BCUT2D eigenvalue weighted by Gasteiger charge is -2.33. The molecule has 170 valence electrons. The molecule has 4 nitrogen and oxygen atoms in total. The van der Waals surface area contributed by atoms with Gasteiger partial charge in [-0.1, -0.05) is 15.9 Å². The normalized spacial score (nSPS) is 15.2. The Labute approximate surface area is 154 Å². The van der Waals surface area contributed by atoms with Crippen LogP contribution in [0.15, 0.2) is 0 Å². The van der Waals surface area contributed by atoms with E-state index in [0.717, 1.165) is 0 Å². The maximum atomic E-state index is 13.0. The minimum Gasteiger partial charge on any atom is -0.372 e. The zero-order chi connectivity index (χ0) is 22.7. The molecule has 28 heavy (non-hydrogen) atoms. The molecule has 0 aliphatic heterocycles. The van der Waals surface area contributed by atoms with Gasteiger partial charge in [0.25, 0.3) is 0 Å². The lowest BCUT2D eigenvalue weighted by molar-refractivity contribution is -0.564. The van der Waals surface area contributed by atoms with Crippen molar-refractivity contribution in [3.8, 4) is 0 Å². The second kappa shape index (κ2) is 9.05. The first kappa shape index (κ1) is 27.4. The standard InChI is InChI=1S/C10H8BrF13O4/c11-2-1-3-25-4-5(12,13)26-6(14,15)7(16,17)27-8(18,19)9(20,21)28-10(22,23)24/h1-4H2. The van der Waals surface area contributed by atoms with E-state index in [1.54, 1.807) is 4.74 Å². The molecule has 0 atom stereocenters. The van der Waals surface area contributed by atoms with E-state index in [1.807, 2.05) is 0 Å². The van der Waals surface area contributed by atoms with Crippen molar-refractivity contribution in [2.75, 3.05) is 18.5 Å². The van der Waals surface area contributed by atoms with Crippen molar-refractivity contribution in [2.45, 2.75) is 43.3 Å². The second-order valence-corrected chi connectivity index (χ2v) is 5.34. The molecule has 0 aliphatic carbocycles. The molecule has 18 heteroatoms. The van der Waals surface area contributed by atoms with Crippen molar-refractivity contribution >= 4 is 15.9 Å². The summed E-state index contributed by atoms with van der Waals surface area (Å²) in [5.41, 5.74) is 0. The first-order chi connectivity index (χ1) is 12.2. The molecule has 0 saturated carbocycles. The van der Waals surface area contributed by atoms with E-state index in [1.165, 1.54) is 4.74 Å². The van der Waals surface area contributed by atoms with Crippen LogP contribution in [0, 0.1) is 0 Å². The molecule has 0 rings (SSSR count). The quantitative estimate of drug-likeness (QED) is 0.199. The van der Waals surface area contributed by atoms with Crippen LogP contribution in [0.25, 0.3) is 0 Å². The summed E-state index contributed by atoms with van der Waals surface area (Å²) in [7, 11) is 0. The SMILES string of the molecule is FC(F)(F)OC(F)(F)C(F)(F)OC(F)(F)C(F)(F)OC(F)(F)COCCCBr. The predicted molar refractivity (Wildman–Crippen MR) is 63.3 cm³/mol. The first-order valence-electron chi connectivity index (χ1n) is 6.38. The highest BCUT2D eigenvalue weighted by atomic mass is 79.9. The molecule has 0 aromatic rings. The van der Waals surface area contributed by atoms with Gasteiger partial charge in [-0.25, -0.2) is 14.2 Å². The fourth-order valence-corrected chi connectivity index (χ4v) is 1.34. The van der Waals surface area contributed by atoms with Crippen LogP contribution in [-0.4, -0.2) is 55.4 Å². The van der Waals surface area contributed by atoms with Gasteiger partial charge >= 0.3 is 36.9 Å². The van der Waals surface area contributed by atoms with Gasteiger partial charge in [0.05, 0.1) is 0 Å². The van der Waals surface area contributed by atoms with Crippen LogP contribution in [0.3, 0.4) is 0 Å². The van der Waals surface area contributed by atoms with Crippen LogP contribution >= 0.6 is 15.9 Å². The smallest absolute Gasteiger partial charge is 0.372 e. The molecule has 0 unspecified atom stereocenters. The summed E-state index contributed by atoms with van der Waals surface area (Å²) >= 11 is 2.82. The molecule has 0 aliphatic rings. The lowest BCUT2D eigenvalue weighted by Crippen LogP contribution is -2.57. The van der Waals surface area contributed by atoms with Gasteiger partial charge in [-0.05, 0) is 6.42 Å². The molecule has 0 spiro atoms. The monoisotopic (exact) mass is 518 g/mol. The fourth-order valence-electron chi connectivity index (χ4n) is 1.11. The summed E-state index contributed by atoms with van der Waals surface area (Å²) in [6.45, 7) is -2.60. The largest absolute Gasteiger partial charge is 0.527 e. The van der Waals surface area contributed by atoms with E-state index in [9.17, 15) is 57.1 Å². The highest BCUT2D eigenvalue weighted by molar-refractivity contribution is 9.09. The number of ether oxygens (including phenoxy) is 4. The number of alkyl halides is 14. The number of hydrogen-bond donors (Lipinski definition) is 0. The Morgan fingerprint density at radius 3 is 1.36 bits per heavy atom. The minimum atomic E-state index is -7.06. The molecule has 0 heterocycles. The molecule has 0 aromatic carbocycles. The Kier molecular flexibility index (Phi) is 8.86. The zero-order valence-electron chi connectivity index (χ0n) is 12.8. The summed E-state index contributed by atoms with van der Waals surface area (Å²) in [4.78, 5) is 0. The first-order valence-corrected chi connectivity index (χ1v) is 7.50. The Hall–Kier alpha value is -0.590. The van der Waals surface area contributed by atoms with Gasteiger partial charge in [-0.3, -0.25) is 0 Å². The average molecular weight is 519 g/mol. The Balaban J connectivity index is 5.27. The maximum absolute atomic E-state index is 13.0. The minimum absolute atomic E-state index is 0.0479. The van der Waals surface area contributed by atoms with Gasteiger partial charge in [-0.2, -0.15) is 43.9 Å². The van der Waals surface area contributed by atoms with E-state index in [2.05, 4.69) is 25.4 Å². The van der Waals surface area contributed by atoms with Crippen molar-refractivity contribution in [1.29, 1.82) is 0 Å². The van der Waals surface area contributed by atoms with Crippen molar-refractivity contribution in [1.82, 2.24) is 0 Å². The van der Waals surface area contributed by atoms with Crippen molar-refractivity contribution in [3.05, 3.63) is 0 Å². The number of halogens is 14. The van der Waals surface area contributed by atoms with E-state index in [0.29, 0.717) is 0 Å². The van der Waals surface area contributed by atoms with Crippen LogP contribution in [0.4, 0.5) is 57.1 Å². The molecule has 0 fully saturated rings. The molecule has 0 radical (unpaired) electrons. The van der Waals surface area contributed by atoms with E-state index >= 15 is 0 Å². The average Bonchev–Trinajstić information content (AvgIpc) is 2.38. The second-order valence-electron chi connectivity index (χ2n) is 4.55. The Morgan fingerprint density at radius 2 is 0.964 bits per heavy atom. The van der Waals surface area contributed by atoms with Gasteiger partial charge in [-0.15, -0.1) is 13.2 Å². The fraction of sp³-hybridized carbons (Fsp3) is 1.00. The summed E-state index contributed by atoms with van der Waals surface area (Å²) < 4.78 is 173. The highest BCUT2D eigenvalue weighted by Gasteiger charge is 2.74. The van der Waals surface area contributed by atoms with Crippen molar-refractivity contribution in [3.63, 3.8) is 0 Å². The van der Waals surface area contributed by atoms with Gasteiger partial charge in [0.1, 0.15) is 6.61 Å². The predicted octanol–water partition coefficient (Wildman–Crippen LogP) is 5.32. The van der Waals surface area contributed by atoms with Crippen molar-refractivity contribution < 1.29 is 76.0 Å². The molecule has 0 aromatic heterocycles. The summed E-state index contributed by atoms with van der Waals surface area (Å²) in [6.07, 6.45) is -39.4. The number of hydrogen-bond acceptors (Lipinski definition) is 4. The molecular weight excluding hydrogens is 511 g/mol. The topological polar surface area (TPSA) is 36.9 Å². The Morgan fingerprint density at radius 1 is 0.571 bits per heavy atom. The van der Waals surface area contributed by atoms with E-state index in [4.69, 9.17) is 0 Å². The highest BCUT2D eigenvalue weighted by Crippen LogP contribution is 2.48. The Bertz CT molecular complexity index is 496. The third-order valence-corrected chi connectivity index (χ3v) is 2.71. The maximum Gasteiger partial charge on any atom is 0.527 e. The summed E-state index contributed by atoms with van der Waals surface area (Å²) in [5.74, 6) is 0. The molecule has 0 amide bonds.